The molecule has 0 radical (unpaired) electrons. The Morgan fingerprint density at radius 2 is 1.74 bits per heavy atom. The third-order valence-electron chi connectivity index (χ3n) is 3.70. The van der Waals surface area contributed by atoms with E-state index in [1.54, 1.807) is 20.8 Å². The average molecular weight is 389 g/mol. The highest BCUT2D eigenvalue weighted by atomic mass is 32.2. The molecule has 1 unspecified atom stereocenters. The molecule has 2 amide bonds. The number of hydrogen-bond donors (Lipinski definition) is 2. The Hall–Kier alpha value is -2.21. The molecule has 0 saturated heterocycles. The number of fused-ring (bicyclic) bond motifs is 1. The summed E-state index contributed by atoms with van der Waals surface area (Å²) in [6.07, 6.45) is -0.0531. The van der Waals surface area contributed by atoms with Gasteiger partial charge in [0.15, 0.2) is 0 Å². The highest BCUT2D eigenvalue weighted by molar-refractivity contribution is 7.98. The van der Waals surface area contributed by atoms with Crippen LogP contribution in [0.25, 0.3) is 10.8 Å². The molecule has 2 N–H and O–H groups in total. The van der Waals surface area contributed by atoms with Crippen LogP contribution in [0.5, 0.6) is 0 Å². The Kier molecular flexibility index (Phi) is 7.13. The number of carbonyl (C=O) groups is 2. The number of hydrogen-bond acceptors (Lipinski definition) is 4. The van der Waals surface area contributed by atoms with Crippen LogP contribution in [0.4, 0.5) is 4.79 Å². The van der Waals surface area contributed by atoms with Gasteiger partial charge >= 0.3 is 6.09 Å². The highest BCUT2D eigenvalue weighted by Gasteiger charge is 2.25. The number of benzene rings is 2. The number of alkyl carbamates (subject to hydrolysis) is 1. The largest absolute Gasteiger partial charge is 0.444 e. The number of rotatable bonds is 6. The second-order valence-electron chi connectivity index (χ2n) is 7.91. The Morgan fingerprint density at radius 1 is 1.07 bits per heavy atom. The second kappa shape index (κ2) is 9.13. The maximum Gasteiger partial charge on any atom is 0.408 e. The molecule has 0 aliphatic carbocycles. The van der Waals surface area contributed by atoms with Crippen LogP contribution in [0.3, 0.4) is 0 Å². The molecule has 1 atom stereocenters. The molecule has 0 saturated carbocycles. The quantitative estimate of drug-likeness (QED) is 0.691. The van der Waals surface area contributed by atoms with Crippen molar-refractivity contribution in [2.24, 2.45) is 5.92 Å². The summed E-state index contributed by atoms with van der Waals surface area (Å²) in [4.78, 5) is 25.6. The van der Waals surface area contributed by atoms with Gasteiger partial charge < -0.3 is 10.1 Å². The summed E-state index contributed by atoms with van der Waals surface area (Å²) in [7, 11) is 0. The van der Waals surface area contributed by atoms with E-state index in [0.717, 1.165) is 15.7 Å². The summed E-state index contributed by atoms with van der Waals surface area (Å²) in [6, 6.07) is 13.4. The molecule has 2 aromatic rings. The monoisotopic (exact) mass is 388 g/mol. The van der Waals surface area contributed by atoms with Gasteiger partial charge in [-0.15, -0.1) is 0 Å². The van der Waals surface area contributed by atoms with Crippen LogP contribution in [0.15, 0.2) is 47.4 Å². The molecule has 0 fully saturated rings. The van der Waals surface area contributed by atoms with Crippen LogP contribution in [-0.4, -0.2) is 23.6 Å². The molecule has 2 aromatic carbocycles. The first-order valence-corrected chi connectivity index (χ1v) is 9.91. The highest BCUT2D eigenvalue weighted by Crippen LogP contribution is 2.22. The smallest absolute Gasteiger partial charge is 0.408 e. The first-order valence-electron chi connectivity index (χ1n) is 9.09. The fourth-order valence-electron chi connectivity index (χ4n) is 2.56. The molecular weight excluding hydrogens is 360 g/mol. The molecule has 0 aromatic heterocycles. The predicted octanol–water partition coefficient (Wildman–Crippen LogP) is 4.90. The molecule has 6 heteroatoms. The zero-order chi connectivity index (χ0) is 20.0. The zero-order valence-corrected chi connectivity index (χ0v) is 17.4. The third-order valence-corrected chi connectivity index (χ3v) is 4.50. The van der Waals surface area contributed by atoms with Crippen LogP contribution < -0.4 is 10.0 Å². The lowest BCUT2D eigenvalue weighted by atomic mass is 10.0. The third kappa shape index (κ3) is 7.13. The summed E-state index contributed by atoms with van der Waals surface area (Å²) in [5.74, 6) is 0.00840. The van der Waals surface area contributed by atoms with E-state index in [9.17, 15) is 9.59 Å². The van der Waals surface area contributed by atoms with E-state index in [2.05, 4.69) is 10.0 Å². The van der Waals surface area contributed by atoms with E-state index in [0.29, 0.717) is 6.42 Å². The van der Waals surface area contributed by atoms with Gasteiger partial charge in [0.05, 0.1) is 0 Å². The number of ether oxygens (including phenoxy) is 1. The van der Waals surface area contributed by atoms with E-state index >= 15 is 0 Å². The fourth-order valence-corrected chi connectivity index (χ4v) is 3.25. The van der Waals surface area contributed by atoms with Gasteiger partial charge in [0.2, 0.25) is 0 Å². The lowest BCUT2D eigenvalue weighted by Gasteiger charge is -2.24. The van der Waals surface area contributed by atoms with Crippen molar-refractivity contribution < 1.29 is 14.3 Å². The molecule has 0 bridgehead atoms. The maximum absolute atomic E-state index is 12.6. The minimum atomic E-state index is -0.646. The van der Waals surface area contributed by atoms with E-state index in [1.165, 1.54) is 11.9 Å². The molecule has 2 rings (SSSR count). The molecule has 5 nitrogen and oxygen atoms in total. The zero-order valence-electron chi connectivity index (χ0n) is 16.5. The topological polar surface area (TPSA) is 67.4 Å². The van der Waals surface area contributed by atoms with Crippen molar-refractivity contribution in [2.45, 2.75) is 57.6 Å². The Bertz CT molecular complexity index is 799. The van der Waals surface area contributed by atoms with Crippen molar-refractivity contribution in [3.63, 3.8) is 0 Å². The van der Waals surface area contributed by atoms with Crippen molar-refractivity contribution in [1.29, 1.82) is 0 Å². The van der Waals surface area contributed by atoms with Crippen LogP contribution in [0.1, 0.15) is 41.0 Å². The van der Waals surface area contributed by atoms with Crippen LogP contribution >= 0.6 is 11.9 Å². The maximum atomic E-state index is 12.6. The van der Waals surface area contributed by atoms with E-state index < -0.39 is 17.7 Å². The van der Waals surface area contributed by atoms with Gasteiger partial charge in [-0.1, -0.05) is 44.2 Å². The lowest BCUT2D eigenvalue weighted by molar-refractivity contribution is -0.121. The molecule has 0 heterocycles. The summed E-state index contributed by atoms with van der Waals surface area (Å²) >= 11 is 1.25. The molecule has 0 aliphatic heterocycles. The van der Waals surface area contributed by atoms with Crippen LogP contribution in [0, 0.1) is 5.92 Å². The number of amides is 2. The van der Waals surface area contributed by atoms with Gasteiger partial charge in [-0.2, -0.15) is 0 Å². The summed E-state index contributed by atoms with van der Waals surface area (Å²) in [5.41, 5.74) is -0.608. The van der Waals surface area contributed by atoms with Gasteiger partial charge in [-0.3, -0.25) is 9.52 Å². The van der Waals surface area contributed by atoms with Crippen molar-refractivity contribution in [3.05, 3.63) is 42.5 Å². The molecule has 0 aliphatic rings. The second-order valence-corrected chi connectivity index (χ2v) is 8.79. The Labute approximate surface area is 165 Å². The molecule has 27 heavy (non-hydrogen) atoms. The van der Waals surface area contributed by atoms with Gasteiger partial charge in [-0.25, -0.2) is 4.79 Å². The van der Waals surface area contributed by atoms with Gasteiger partial charge in [0.1, 0.15) is 11.6 Å². The van der Waals surface area contributed by atoms with Crippen LogP contribution in [-0.2, 0) is 9.53 Å². The number of carbonyl (C=O) groups excluding carboxylic acids is 2. The van der Waals surface area contributed by atoms with Gasteiger partial charge in [0.25, 0.3) is 5.91 Å². The predicted molar refractivity (Wildman–Crippen MR) is 111 cm³/mol. The van der Waals surface area contributed by atoms with Gasteiger partial charge in [0, 0.05) is 4.90 Å². The molecular formula is C21H28N2O3S. The Morgan fingerprint density at radius 3 is 2.37 bits per heavy atom. The standard InChI is InChI=1S/C21H28N2O3S/c1-14(2)12-18(22-20(25)26-21(3,4)5)19(24)23-27-17-11-10-15-8-6-7-9-16(15)13-17/h6-11,13-14,18H,12H2,1-5H3,(H,22,25)(H,23,24). The van der Waals surface area contributed by atoms with Crippen molar-refractivity contribution in [3.8, 4) is 0 Å². The molecule has 0 spiro atoms. The summed E-state index contributed by atoms with van der Waals surface area (Å²) in [6.45, 7) is 9.39. The number of nitrogens with one attached hydrogen (secondary N) is 2. The first-order chi connectivity index (χ1) is 12.6. The van der Waals surface area contributed by atoms with E-state index in [1.807, 2.05) is 56.3 Å². The van der Waals surface area contributed by atoms with Crippen LogP contribution in [0.2, 0.25) is 0 Å². The summed E-state index contributed by atoms with van der Waals surface area (Å²) < 4.78 is 8.12. The Balaban J connectivity index is 2.00. The van der Waals surface area contributed by atoms with Crippen molar-refractivity contribution >= 4 is 34.7 Å². The fraction of sp³-hybridized carbons (Fsp3) is 0.429. The van der Waals surface area contributed by atoms with E-state index in [-0.39, 0.29) is 11.8 Å². The average Bonchev–Trinajstić information content (AvgIpc) is 2.56. The SMILES string of the molecule is CC(C)CC(NC(=O)OC(C)(C)C)C(=O)NSc1ccc2ccccc2c1. The molecule has 146 valence electrons. The summed E-state index contributed by atoms with van der Waals surface area (Å²) in [5, 5.41) is 4.95. The lowest BCUT2D eigenvalue weighted by Crippen LogP contribution is -2.47. The van der Waals surface area contributed by atoms with E-state index in [4.69, 9.17) is 4.74 Å². The minimum Gasteiger partial charge on any atom is -0.444 e. The normalized spacial score (nSPS) is 12.7. The van der Waals surface area contributed by atoms with Crippen molar-refractivity contribution in [1.82, 2.24) is 10.0 Å². The minimum absolute atomic E-state index is 0.243. The first kappa shape index (κ1) is 21.1. The van der Waals surface area contributed by atoms with Crippen molar-refractivity contribution in [2.75, 3.05) is 0 Å². The van der Waals surface area contributed by atoms with Gasteiger partial charge in [-0.05, 0) is 68.0 Å².